The zero-order valence-electron chi connectivity index (χ0n) is 8.19. The van der Waals surface area contributed by atoms with Crippen molar-refractivity contribution in [2.75, 3.05) is 6.54 Å². The van der Waals surface area contributed by atoms with E-state index in [4.69, 9.17) is 0 Å². The monoisotopic (exact) mass is 194 g/mol. The quantitative estimate of drug-likeness (QED) is 0.753. The summed E-state index contributed by atoms with van der Waals surface area (Å²) in [5, 5.41) is 2.71. The van der Waals surface area contributed by atoms with E-state index in [2.05, 4.69) is 5.32 Å². The minimum Gasteiger partial charge on any atom is -0.356 e. The van der Waals surface area contributed by atoms with Crippen molar-refractivity contribution >= 4 is 5.91 Å². The summed E-state index contributed by atoms with van der Waals surface area (Å²) in [7, 11) is 0. The summed E-state index contributed by atoms with van der Waals surface area (Å²) in [5.74, 6) is 0.0335. The van der Waals surface area contributed by atoms with Crippen LogP contribution in [0, 0.1) is 0 Å². The van der Waals surface area contributed by atoms with Crippen LogP contribution in [0.1, 0.15) is 13.3 Å². The fraction of sp³-hybridized carbons (Fsp3) is 0.400. The van der Waals surface area contributed by atoms with Crippen molar-refractivity contribution in [3.8, 4) is 0 Å². The molecule has 4 heteroatoms. The number of hydrogen-bond acceptors (Lipinski definition) is 2. The van der Waals surface area contributed by atoms with Gasteiger partial charge in [-0.2, -0.15) is 0 Å². The molecule has 1 rings (SSSR count). The highest BCUT2D eigenvalue weighted by Gasteiger charge is 1.98. The number of hydrogen-bond donors (Lipinski definition) is 1. The molecule has 0 unspecified atom stereocenters. The predicted molar refractivity (Wildman–Crippen MR) is 54.0 cm³/mol. The van der Waals surface area contributed by atoms with Gasteiger partial charge in [0.15, 0.2) is 5.43 Å². The molecule has 0 aliphatic carbocycles. The highest BCUT2D eigenvalue weighted by Crippen LogP contribution is 1.89. The molecule has 0 bridgehead atoms. The maximum absolute atomic E-state index is 11.1. The molecule has 0 radical (unpaired) electrons. The fourth-order valence-electron chi connectivity index (χ4n) is 1.11. The molecule has 0 aliphatic heterocycles. The number of amides is 1. The van der Waals surface area contributed by atoms with E-state index >= 15 is 0 Å². The highest BCUT2D eigenvalue weighted by molar-refractivity contribution is 5.75. The predicted octanol–water partition coefficient (Wildman–Crippen LogP) is 0.374. The Kier molecular flexibility index (Phi) is 3.91. The Bertz CT molecular complexity index is 337. The number of nitrogens with one attached hydrogen (secondary N) is 1. The Morgan fingerprint density at radius 2 is 2.07 bits per heavy atom. The van der Waals surface area contributed by atoms with Crippen LogP contribution in [0.15, 0.2) is 29.3 Å². The summed E-state index contributed by atoms with van der Waals surface area (Å²) < 4.78 is 1.82. The summed E-state index contributed by atoms with van der Waals surface area (Å²) in [4.78, 5) is 21.9. The van der Waals surface area contributed by atoms with Crippen LogP contribution < -0.4 is 10.7 Å². The maximum atomic E-state index is 11.1. The Balaban J connectivity index is 2.42. The third-order valence-corrected chi connectivity index (χ3v) is 1.83. The number of rotatable bonds is 4. The van der Waals surface area contributed by atoms with Gasteiger partial charge < -0.3 is 9.88 Å². The minimum atomic E-state index is -0.0146. The van der Waals surface area contributed by atoms with Gasteiger partial charge in [0.1, 0.15) is 0 Å². The van der Waals surface area contributed by atoms with Gasteiger partial charge in [0.25, 0.3) is 0 Å². The molecule has 0 spiro atoms. The summed E-state index contributed by atoms with van der Waals surface area (Å²) in [6, 6.07) is 2.97. The second-order valence-electron chi connectivity index (χ2n) is 2.98. The minimum absolute atomic E-state index is 0.0146. The molecule has 0 aliphatic rings. The standard InChI is InChI=1S/C10H14N2O2/c1-2-11-10(14)5-8-12-6-3-9(13)4-7-12/h3-4,6-7H,2,5,8H2,1H3,(H,11,14). The third-order valence-electron chi connectivity index (χ3n) is 1.83. The molecule has 0 saturated carbocycles. The lowest BCUT2D eigenvalue weighted by Crippen LogP contribution is -2.23. The van der Waals surface area contributed by atoms with E-state index in [9.17, 15) is 9.59 Å². The molecular weight excluding hydrogens is 180 g/mol. The van der Waals surface area contributed by atoms with Gasteiger partial charge in [0.2, 0.25) is 5.91 Å². The Hall–Kier alpha value is -1.58. The molecule has 1 amide bonds. The summed E-state index contributed by atoms with van der Waals surface area (Å²) >= 11 is 0. The van der Waals surface area contributed by atoms with Crippen molar-refractivity contribution in [2.24, 2.45) is 0 Å². The first-order valence-corrected chi connectivity index (χ1v) is 4.65. The third kappa shape index (κ3) is 3.43. The van der Waals surface area contributed by atoms with Crippen LogP contribution in [0.5, 0.6) is 0 Å². The lowest BCUT2D eigenvalue weighted by Gasteiger charge is -2.05. The van der Waals surface area contributed by atoms with Crippen LogP contribution in [-0.4, -0.2) is 17.0 Å². The topological polar surface area (TPSA) is 51.1 Å². The molecule has 1 N–H and O–H groups in total. The molecule has 14 heavy (non-hydrogen) atoms. The smallest absolute Gasteiger partial charge is 0.221 e. The van der Waals surface area contributed by atoms with Gasteiger partial charge in [-0.1, -0.05) is 0 Å². The van der Waals surface area contributed by atoms with Crippen molar-refractivity contribution in [3.63, 3.8) is 0 Å². The Morgan fingerprint density at radius 3 is 2.64 bits per heavy atom. The van der Waals surface area contributed by atoms with Crippen molar-refractivity contribution in [1.82, 2.24) is 9.88 Å². The van der Waals surface area contributed by atoms with Gasteiger partial charge in [0.05, 0.1) is 0 Å². The maximum Gasteiger partial charge on any atom is 0.221 e. The van der Waals surface area contributed by atoms with E-state index in [0.29, 0.717) is 19.5 Å². The van der Waals surface area contributed by atoms with E-state index in [0.717, 1.165) is 0 Å². The van der Waals surface area contributed by atoms with Crippen LogP contribution in [0.4, 0.5) is 0 Å². The lowest BCUT2D eigenvalue weighted by molar-refractivity contribution is -0.121. The fourth-order valence-corrected chi connectivity index (χ4v) is 1.11. The molecule has 1 aromatic heterocycles. The average Bonchev–Trinajstić information content (AvgIpc) is 2.17. The normalized spacial score (nSPS) is 9.79. The van der Waals surface area contributed by atoms with Crippen LogP contribution in [0.2, 0.25) is 0 Å². The first-order chi connectivity index (χ1) is 6.72. The zero-order chi connectivity index (χ0) is 10.4. The van der Waals surface area contributed by atoms with Crippen LogP contribution in [0.3, 0.4) is 0 Å². The number of aromatic nitrogens is 1. The van der Waals surface area contributed by atoms with Crippen molar-refractivity contribution in [1.29, 1.82) is 0 Å². The Morgan fingerprint density at radius 1 is 1.43 bits per heavy atom. The second kappa shape index (κ2) is 5.21. The molecule has 1 heterocycles. The first-order valence-electron chi connectivity index (χ1n) is 4.65. The second-order valence-corrected chi connectivity index (χ2v) is 2.98. The average molecular weight is 194 g/mol. The number of aryl methyl sites for hydroxylation is 1. The van der Waals surface area contributed by atoms with E-state index in [1.54, 1.807) is 12.4 Å². The molecule has 0 atom stereocenters. The molecule has 4 nitrogen and oxygen atoms in total. The molecule has 1 aromatic rings. The van der Waals surface area contributed by atoms with Crippen LogP contribution in [-0.2, 0) is 11.3 Å². The highest BCUT2D eigenvalue weighted by atomic mass is 16.1. The largest absolute Gasteiger partial charge is 0.356 e. The van der Waals surface area contributed by atoms with E-state index in [1.165, 1.54) is 12.1 Å². The SMILES string of the molecule is CCNC(=O)CCn1ccc(=O)cc1. The Labute approximate surface area is 82.6 Å². The number of nitrogens with zero attached hydrogens (tertiary/aromatic N) is 1. The van der Waals surface area contributed by atoms with Gasteiger partial charge in [0, 0.05) is 44.0 Å². The summed E-state index contributed by atoms with van der Waals surface area (Å²) in [6.07, 6.45) is 3.81. The van der Waals surface area contributed by atoms with Gasteiger partial charge in [-0.25, -0.2) is 0 Å². The van der Waals surface area contributed by atoms with Gasteiger partial charge in [-0.05, 0) is 6.92 Å². The van der Waals surface area contributed by atoms with E-state index < -0.39 is 0 Å². The first kappa shape index (κ1) is 10.5. The molecule has 76 valence electrons. The van der Waals surface area contributed by atoms with E-state index in [1.807, 2.05) is 11.5 Å². The molecule has 0 saturated heterocycles. The number of carbonyl (C=O) groups is 1. The number of pyridine rings is 1. The van der Waals surface area contributed by atoms with Crippen molar-refractivity contribution in [3.05, 3.63) is 34.7 Å². The van der Waals surface area contributed by atoms with Crippen LogP contribution >= 0.6 is 0 Å². The molecule has 0 fully saturated rings. The molecule has 0 aromatic carbocycles. The molecular formula is C10H14N2O2. The summed E-state index contributed by atoms with van der Waals surface area (Å²) in [6.45, 7) is 3.15. The summed E-state index contributed by atoms with van der Waals surface area (Å²) in [5.41, 5.74) is -0.0146. The lowest BCUT2D eigenvalue weighted by atomic mass is 10.3. The van der Waals surface area contributed by atoms with Gasteiger partial charge in [-0.3, -0.25) is 9.59 Å². The number of carbonyl (C=O) groups excluding carboxylic acids is 1. The van der Waals surface area contributed by atoms with Gasteiger partial charge >= 0.3 is 0 Å². The van der Waals surface area contributed by atoms with Crippen molar-refractivity contribution < 1.29 is 4.79 Å². The van der Waals surface area contributed by atoms with E-state index in [-0.39, 0.29) is 11.3 Å². The zero-order valence-corrected chi connectivity index (χ0v) is 8.19. The van der Waals surface area contributed by atoms with Crippen molar-refractivity contribution in [2.45, 2.75) is 19.9 Å². The van der Waals surface area contributed by atoms with Gasteiger partial charge in [-0.15, -0.1) is 0 Å². The van der Waals surface area contributed by atoms with Crippen LogP contribution in [0.25, 0.3) is 0 Å².